The van der Waals surface area contributed by atoms with E-state index in [9.17, 15) is 64.0 Å². The van der Waals surface area contributed by atoms with Gasteiger partial charge in [0.1, 0.15) is 43.2 Å². The minimum Gasteiger partial charge on any atom is -0.462 e. The van der Waals surface area contributed by atoms with Gasteiger partial charge in [-0.05, 0) is 89.9 Å². The second kappa shape index (κ2) is 38.5. The Morgan fingerprint density at radius 3 is 1.51 bits per heavy atom. The molecule has 0 heterocycles. The number of unbranched alkanes of at least 4 members (excludes halogenated alkanes) is 4. The molecule has 9 N–H and O–H groups in total. The number of carbonyl (C=O) groups is 2. The molecule has 1 fully saturated rings. The summed E-state index contributed by atoms with van der Waals surface area (Å²) < 4.78 is 49.2. The molecular formula is C49H80O18P2. The largest absolute Gasteiger partial charge is 0.472 e. The monoisotopic (exact) mass is 1020 g/mol. The van der Waals surface area contributed by atoms with Crippen molar-refractivity contribution in [2.75, 3.05) is 13.2 Å². The summed E-state index contributed by atoms with van der Waals surface area (Å²) in [5.41, 5.74) is 0. The Balaban J connectivity index is 2.72. The van der Waals surface area contributed by atoms with Crippen LogP contribution in [0.15, 0.2) is 97.2 Å². The van der Waals surface area contributed by atoms with Gasteiger partial charge in [-0.1, -0.05) is 124 Å². The van der Waals surface area contributed by atoms with Crippen LogP contribution in [0.4, 0.5) is 0 Å². The van der Waals surface area contributed by atoms with Crippen molar-refractivity contribution < 1.29 is 87.1 Å². The smallest absolute Gasteiger partial charge is 0.462 e. The molecule has 18 nitrogen and oxygen atoms in total. The van der Waals surface area contributed by atoms with Gasteiger partial charge in [0.05, 0.1) is 18.8 Å². The standard InChI is InChI=1S/C49H80O18P2/c1-3-5-7-9-11-13-15-17-18-19-20-21-23-25-27-29-31-35-43(53)65-39(38-64-69(61,62)67-49-46(56)44(54)45(55)48(47(49)57)66-68(58,59)60)37-63-42(52)36-32-34-41(51)40(50)33-30-28-26-24-22-16-14-12-10-8-6-4-2/h5-8,11-14,17-18,20-22,24,28,30,39-41,44-51,54-57H,3-4,9-10,15-16,19,23,25-27,29,31-38H2,1-2H3,(H,61,62)(H2,58,59,60)/b7-5-,8-6-,13-11-,14-12-,18-17-,21-20-,24-22-,30-28-/t39-,40+,41+,44?,45?,46?,47?,48-,49+/m1/s1. The molecule has 0 saturated heterocycles. The topological polar surface area (TPSA) is 296 Å². The van der Waals surface area contributed by atoms with Crippen molar-refractivity contribution in [3.8, 4) is 0 Å². The van der Waals surface area contributed by atoms with Gasteiger partial charge in [-0.3, -0.25) is 23.2 Å². The molecule has 0 bridgehead atoms. The lowest BCUT2D eigenvalue weighted by Gasteiger charge is -2.43. The van der Waals surface area contributed by atoms with Crippen LogP contribution >= 0.6 is 15.6 Å². The van der Waals surface area contributed by atoms with Crippen LogP contribution in [0.5, 0.6) is 0 Å². The number of phosphoric acid groups is 2. The lowest BCUT2D eigenvalue weighted by Crippen LogP contribution is -2.64. The number of rotatable bonds is 38. The van der Waals surface area contributed by atoms with Gasteiger partial charge in [0.15, 0.2) is 6.10 Å². The first-order chi connectivity index (χ1) is 32.9. The molecule has 69 heavy (non-hydrogen) atoms. The highest BCUT2D eigenvalue weighted by Crippen LogP contribution is 2.49. The van der Waals surface area contributed by atoms with Crippen LogP contribution in [0.3, 0.4) is 0 Å². The summed E-state index contributed by atoms with van der Waals surface area (Å²) in [7, 11) is -10.8. The van der Waals surface area contributed by atoms with Crippen molar-refractivity contribution in [2.24, 2.45) is 0 Å². The second-order valence-corrected chi connectivity index (χ2v) is 19.0. The molecule has 0 aliphatic heterocycles. The number of aliphatic hydroxyl groups excluding tert-OH is 6. The number of carbonyl (C=O) groups excluding carboxylic acids is 2. The predicted molar refractivity (Wildman–Crippen MR) is 262 cm³/mol. The quantitative estimate of drug-likeness (QED) is 0.0129. The molecule has 0 aromatic rings. The van der Waals surface area contributed by atoms with E-state index in [0.717, 1.165) is 64.2 Å². The van der Waals surface area contributed by atoms with Crippen molar-refractivity contribution in [1.82, 2.24) is 0 Å². The molecule has 20 heteroatoms. The zero-order valence-electron chi connectivity index (χ0n) is 40.2. The average molecular weight is 1020 g/mol. The molecule has 394 valence electrons. The van der Waals surface area contributed by atoms with Gasteiger partial charge in [-0.15, -0.1) is 0 Å². The number of aliphatic hydroxyl groups is 6. The number of esters is 2. The number of ether oxygens (including phenoxy) is 2. The summed E-state index contributed by atoms with van der Waals surface area (Å²) in [6.45, 7) is 2.60. The maximum absolute atomic E-state index is 13.0. The van der Waals surface area contributed by atoms with Crippen molar-refractivity contribution in [3.63, 3.8) is 0 Å². The summed E-state index contributed by atoms with van der Waals surface area (Å²) in [5.74, 6) is -1.53. The van der Waals surface area contributed by atoms with Crippen LogP contribution in [-0.2, 0) is 41.8 Å². The van der Waals surface area contributed by atoms with Gasteiger partial charge >= 0.3 is 27.6 Å². The fraction of sp³-hybridized carbons (Fsp3) is 0.633. The highest BCUT2D eigenvalue weighted by atomic mass is 31.2. The van der Waals surface area contributed by atoms with E-state index in [1.807, 2.05) is 18.2 Å². The van der Waals surface area contributed by atoms with Gasteiger partial charge < -0.3 is 54.8 Å². The van der Waals surface area contributed by atoms with Crippen LogP contribution < -0.4 is 0 Å². The first-order valence-electron chi connectivity index (χ1n) is 23.9. The van der Waals surface area contributed by atoms with E-state index in [1.165, 1.54) is 0 Å². The molecular weight excluding hydrogens is 938 g/mol. The molecule has 1 aliphatic rings. The Kier molecular flexibility index (Phi) is 35.6. The molecule has 0 spiro atoms. The Morgan fingerprint density at radius 2 is 0.986 bits per heavy atom. The molecule has 0 aromatic carbocycles. The van der Waals surface area contributed by atoms with E-state index in [-0.39, 0.29) is 32.1 Å². The third kappa shape index (κ3) is 32.4. The van der Waals surface area contributed by atoms with Gasteiger partial charge in [0, 0.05) is 12.8 Å². The Morgan fingerprint density at radius 1 is 0.522 bits per heavy atom. The third-order valence-electron chi connectivity index (χ3n) is 10.4. The fourth-order valence-electron chi connectivity index (χ4n) is 6.57. The Bertz CT molecular complexity index is 1740. The van der Waals surface area contributed by atoms with Crippen LogP contribution in [0.1, 0.15) is 129 Å². The summed E-state index contributed by atoms with van der Waals surface area (Å²) in [6.07, 6.45) is 26.6. The fourth-order valence-corrected chi connectivity index (χ4v) is 8.11. The van der Waals surface area contributed by atoms with Gasteiger partial charge in [-0.25, -0.2) is 9.13 Å². The van der Waals surface area contributed by atoms with E-state index < -0.39 is 95.7 Å². The summed E-state index contributed by atoms with van der Waals surface area (Å²) in [6, 6.07) is 0. The molecule has 1 rings (SSSR count). The third-order valence-corrected chi connectivity index (χ3v) is 11.9. The van der Waals surface area contributed by atoms with E-state index in [0.29, 0.717) is 19.3 Å². The zero-order chi connectivity index (χ0) is 51.3. The lowest BCUT2D eigenvalue weighted by molar-refractivity contribution is -0.216. The van der Waals surface area contributed by atoms with E-state index >= 15 is 0 Å². The first-order valence-corrected chi connectivity index (χ1v) is 27.0. The summed E-state index contributed by atoms with van der Waals surface area (Å²) in [4.78, 5) is 54.4. The normalized spacial score (nSPS) is 22.9. The molecule has 1 saturated carbocycles. The van der Waals surface area contributed by atoms with E-state index in [4.69, 9.17) is 18.5 Å². The molecule has 0 amide bonds. The van der Waals surface area contributed by atoms with Crippen molar-refractivity contribution in [2.45, 2.75) is 184 Å². The van der Waals surface area contributed by atoms with Crippen molar-refractivity contribution >= 4 is 27.6 Å². The lowest BCUT2D eigenvalue weighted by atomic mass is 9.85. The van der Waals surface area contributed by atoms with Crippen LogP contribution in [0, 0.1) is 0 Å². The summed E-state index contributed by atoms with van der Waals surface area (Å²) in [5, 5.41) is 62.1. The van der Waals surface area contributed by atoms with Gasteiger partial charge in [-0.2, -0.15) is 0 Å². The highest BCUT2D eigenvalue weighted by molar-refractivity contribution is 7.47. The van der Waals surface area contributed by atoms with Gasteiger partial charge in [0.2, 0.25) is 0 Å². The predicted octanol–water partition coefficient (Wildman–Crippen LogP) is 7.11. The van der Waals surface area contributed by atoms with E-state index in [1.54, 1.807) is 6.08 Å². The molecule has 0 radical (unpaired) electrons. The number of hydrogen-bond donors (Lipinski definition) is 9. The van der Waals surface area contributed by atoms with Crippen LogP contribution in [-0.4, -0.2) is 125 Å². The molecule has 0 aromatic heterocycles. The molecule has 10 atom stereocenters. The Hall–Kier alpha value is -3.16. The SMILES string of the molecule is CC/C=C\C/C=C\C/C=C\C/C=C\CCCCCCC(=O)O[C@H](COC(=O)CCC[C@H](O)[C@@H](O)C/C=C\C/C=C\C/C=C\C/C=C\CC)COP(=O)(O)O[C@H]1C(O)C(O)C(O)[C@@H](OP(=O)(O)O)C1O. The average Bonchev–Trinajstić information content (AvgIpc) is 3.30. The first kappa shape index (κ1) is 63.9. The summed E-state index contributed by atoms with van der Waals surface area (Å²) >= 11 is 0. The minimum atomic E-state index is -5.40. The number of allylic oxidation sites excluding steroid dienone is 15. The number of phosphoric ester groups is 2. The molecule has 1 aliphatic carbocycles. The maximum Gasteiger partial charge on any atom is 0.472 e. The second-order valence-electron chi connectivity index (χ2n) is 16.4. The molecule has 5 unspecified atom stereocenters. The van der Waals surface area contributed by atoms with E-state index in [2.05, 4.69) is 91.3 Å². The zero-order valence-corrected chi connectivity index (χ0v) is 42.0. The van der Waals surface area contributed by atoms with Crippen molar-refractivity contribution in [1.29, 1.82) is 0 Å². The van der Waals surface area contributed by atoms with Gasteiger partial charge in [0.25, 0.3) is 0 Å². The Labute approximate surface area is 408 Å². The highest BCUT2D eigenvalue weighted by Gasteiger charge is 2.54. The maximum atomic E-state index is 13.0. The number of hydrogen-bond acceptors (Lipinski definition) is 15. The minimum absolute atomic E-state index is 0.0511. The van der Waals surface area contributed by atoms with Crippen LogP contribution in [0.25, 0.3) is 0 Å². The van der Waals surface area contributed by atoms with Crippen molar-refractivity contribution in [3.05, 3.63) is 97.2 Å². The van der Waals surface area contributed by atoms with Crippen LogP contribution in [0.2, 0.25) is 0 Å².